The fraction of sp³-hybridized carbons (Fsp3) is 0.438. The zero-order valence-corrected chi connectivity index (χ0v) is 27.8. The first-order valence-electron chi connectivity index (χ1n) is 13.6. The van der Waals surface area contributed by atoms with E-state index in [-0.39, 0.29) is 41.0 Å². The summed E-state index contributed by atoms with van der Waals surface area (Å²) in [6, 6.07) is 17.8. The van der Waals surface area contributed by atoms with Gasteiger partial charge in [-0.15, -0.1) is 12.4 Å². The van der Waals surface area contributed by atoms with Crippen molar-refractivity contribution >= 4 is 35.8 Å². The smallest absolute Gasteiger partial charge is 0.313 e. The number of aromatic nitrogens is 2. The Bertz CT molecular complexity index is 1310. The van der Waals surface area contributed by atoms with Crippen molar-refractivity contribution in [3.63, 3.8) is 0 Å². The Kier molecular flexibility index (Phi) is 18.5. The number of anilines is 1. The molecule has 0 spiro atoms. The summed E-state index contributed by atoms with van der Waals surface area (Å²) in [6.45, 7) is 19.5. The number of ether oxygens (including phenoxy) is 1. The molecule has 0 bridgehead atoms. The monoisotopic (exact) mass is 620 g/mol. The number of rotatable bonds is 5. The van der Waals surface area contributed by atoms with E-state index in [1.807, 2.05) is 31.2 Å². The van der Waals surface area contributed by atoms with Gasteiger partial charge in [0.1, 0.15) is 12.2 Å². The molecule has 1 aromatic heterocycles. The lowest BCUT2D eigenvalue weighted by Gasteiger charge is -2.19. The van der Waals surface area contributed by atoms with Gasteiger partial charge in [-0.05, 0) is 67.0 Å². The summed E-state index contributed by atoms with van der Waals surface area (Å²) < 4.78 is 6.05. The highest BCUT2D eigenvalue weighted by molar-refractivity contribution is 5.94. The maximum atomic E-state index is 11.7. The maximum absolute atomic E-state index is 11.7. The molecule has 5 N–H and O–H groups in total. The van der Waals surface area contributed by atoms with Gasteiger partial charge in [-0.25, -0.2) is 4.68 Å². The lowest BCUT2D eigenvalue weighted by atomic mass is 9.87. The zero-order valence-electron chi connectivity index (χ0n) is 27.0. The van der Waals surface area contributed by atoms with Gasteiger partial charge < -0.3 is 15.3 Å². The number of carboxylic acid groups (broad SMARTS) is 1. The van der Waals surface area contributed by atoms with Gasteiger partial charge in [0.15, 0.2) is 0 Å². The average Bonchev–Trinajstić information content (AvgIpc) is 3.21. The fourth-order valence-corrected chi connectivity index (χ4v) is 3.30. The number of aliphatic carboxylic acids is 1. The minimum atomic E-state index is -0.833. The maximum Gasteiger partial charge on any atom is 0.313 e. The Morgan fingerprint density at radius 2 is 1.33 bits per heavy atom. The first-order chi connectivity index (χ1) is 19.3. The van der Waals surface area contributed by atoms with Crippen LogP contribution in [0.5, 0.6) is 0 Å². The van der Waals surface area contributed by atoms with Crippen LogP contribution in [0.1, 0.15) is 85.6 Å². The van der Waals surface area contributed by atoms with E-state index < -0.39 is 11.9 Å². The molecule has 0 unspecified atom stereocenters. The van der Waals surface area contributed by atoms with Crippen LogP contribution >= 0.6 is 12.4 Å². The number of hydrazine groups is 1. The van der Waals surface area contributed by atoms with Crippen LogP contribution in [0.2, 0.25) is 0 Å². The number of carbonyl (C=O) groups is 3. The molecular weight excluding hydrogens is 572 g/mol. The molecule has 3 rings (SSSR count). The highest BCUT2D eigenvalue weighted by atomic mass is 35.5. The first-order valence-corrected chi connectivity index (χ1v) is 13.6. The highest BCUT2D eigenvalue weighted by Crippen LogP contribution is 2.23. The summed E-state index contributed by atoms with van der Waals surface area (Å²) in [5.74, 6) is 3.83. The van der Waals surface area contributed by atoms with Crippen molar-refractivity contribution in [1.82, 2.24) is 9.78 Å². The number of nitrogens with two attached hydrogens (primary N) is 1. The predicted molar refractivity (Wildman–Crippen MR) is 175 cm³/mol. The van der Waals surface area contributed by atoms with Gasteiger partial charge in [0.2, 0.25) is 0 Å². The van der Waals surface area contributed by atoms with Crippen molar-refractivity contribution < 1.29 is 24.2 Å². The fourth-order valence-electron chi connectivity index (χ4n) is 3.30. The van der Waals surface area contributed by atoms with Crippen LogP contribution in [-0.2, 0) is 30.0 Å². The number of ketones is 1. The number of hydrogen-bond donors (Lipinski definition) is 4. The molecule has 0 aliphatic rings. The molecule has 3 aromatic rings. The Balaban J connectivity index is 0. The largest absolute Gasteiger partial charge is 0.481 e. The van der Waals surface area contributed by atoms with Crippen LogP contribution in [0.15, 0.2) is 59.4 Å². The van der Waals surface area contributed by atoms with E-state index in [0.717, 1.165) is 24.0 Å². The third-order valence-corrected chi connectivity index (χ3v) is 5.46. The first kappa shape index (κ1) is 41.2. The third-order valence-electron chi connectivity index (χ3n) is 5.46. The van der Waals surface area contributed by atoms with Gasteiger partial charge in [0, 0.05) is 24.4 Å². The normalized spacial score (nSPS) is 10.2. The van der Waals surface area contributed by atoms with Gasteiger partial charge in [0.25, 0.3) is 11.5 Å². The molecule has 0 radical (unpaired) electrons. The molecule has 10 nitrogen and oxygen atoms in total. The summed E-state index contributed by atoms with van der Waals surface area (Å²) in [4.78, 5) is 41.3. The van der Waals surface area contributed by atoms with Crippen molar-refractivity contribution in [3.8, 4) is 5.69 Å². The lowest BCUT2D eigenvalue weighted by molar-refractivity contribution is -0.145. The van der Waals surface area contributed by atoms with Crippen LogP contribution < -0.4 is 16.8 Å². The lowest BCUT2D eigenvalue weighted by Crippen LogP contribution is -2.15. The number of hydrogen-bond acceptors (Lipinski definition) is 7. The number of Topliss-reactive ketones (excluding diaryl/α,β-unsaturated/α-hetero) is 1. The molecule has 11 heteroatoms. The quantitative estimate of drug-likeness (QED) is 0.116. The van der Waals surface area contributed by atoms with E-state index in [1.54, 1.807) is 17.7 Å². The van der Waals surface area contributed by atoms with Crippen LogP contribution in [0.3, 0.4) is 0 Å². The van der Waals surface area contributed by atoms with Crippen molar-refractivity contribution in [2.24, 2.45) is 5.84 Å². The Morgan fingerprint density at radius 3 is 1.63 bits per heavy atom. The van der Waals surface area contributed by atoms with Crippen molar-refractivity contribution in [3.05, 3.63) is 81.8 Å². The van der Waals surface area contributed by atoms with Crippen LogP contribution in [0, 0.1) is 6.92 Å². The number of nitrogen functional groups attached to an aromatic ring is 1. The summed E-state index contributed by atoms with van der Waals surface area (Å²) >= 11 is 0. The summed E-state index contributed by atoms with van der Waals surface area (Å²) in [7, 11) is 0. The number of esters is 1. The number of benzene rings is 2. The summed E-state index contributed by atoms with van der Waals surface area (Å²) in [5.41, 5.74) is 8.20. The molecule has 240 valence electrons. The minimum absolute atomic E-state index is 0. The van der Waals surface area contributed by atoms with Crippen molar-refractivity contribution in [2.75, 3.05) is 12.0 Å². The second-order valence-electron chi connectivity index (χ2n) is 11.6. The molecule has 0 amide bonds. The number of aryl methyl sites for hydroxylation is 1. The number of aromatic amines is 1. The molecule has 0 atom stereocenters. The van der Waals surface area contributed by atoms with E-state index in [9.17, 15) is 14.4 Å². The van der Waals surface area contributed by atoms with E-state index in [2.05, 4.69) is 81.1 Å². The van der Waals surface area contributed by atoms with E-state index >= 15 is 0 Å². The van der Waals surface area contributed by atoms with Crippen LogP contribution in [-0.4, -0.2) is 39.2 Å². The second kappa shape index (κ2) is 19.3. The van der Waals surface area contributed by atoms with Crippen molar-refractivity contribution in [1.29, 1.82) is 0 Å². The van der Waals surface area contributed by atoms with E-state index in [1.165, 1.54) is 18.1 Å². The van der Waals surface area contributed by atoms with E-state index in [0.29, 0.717) is 6.61 Å². The average molecular weight is 621 g/mol. The standard InChI is InChI=1S/C14H18N2O.C10H16N2.C6H10O3.C2H4O2.ClH/c1-10-9-13(17)16(15-10)12-7-5-11(6-8-12)14(2,3)4;1-10(2,3)8-4-6-9(12-11)7-5-8;1-3-9-6(8)4-5(2)7;1-2(3)4;/h5-9,15H,1-4H3;4-7,12H,11H2,1-3H3;3-4H2,1-2H3;1H3,(H,3,4);1H. The Morgan fingerprint density at radius 1 is 0.907 bits per heavy atom. The van der Waals surface area contributed by atoms with E-state index in [4.69, 9.17) is 15.7 Å². The Labute approximate surface area is 261 Å². The van der Waals surface area contributed by atoms with Crippen molar-refractivity contribution in [2.45, 2.75) is 86.5 Å². The van der Waals surface area contributed by atoms with Gasteiger partial charge in [-0.3, -0.25) is 30.1 Å². The van der Waals surface area contributed by atoms with Gasteiger partial charge >= 0.3 is 5.97 Å². The van der Waals surface area contributed by atoms with Gasteiger partial charge in [-0.1, -0.05) is 65.8 Å². The number of carboxylic acids is 1. The molecule has 0 aliphatic heterocycles. The second-order valence-corrected chi connectivity index (χ2v) is 11.6. The zero-order chi connectivity index (χ0) is 32.7. The third kappa shape index (κ3) is 17.6. The topological polar surface area (TPSA) is 157 Å². The number of H-pyrrole nitrogens is 1. The molecule has 0 fully saturated rings. The molecule has 0 aliphatic carbocycles. The molecule has 2 aromatic carbocycles. The number of carbonyl (C=O) groups excluding carboxylic acids is 2. The van der Waals surface area contributed by atoms with Crippen LogP contribution in [0.25, 0.3) is 5.69 Å². The van der Waals surface area contributed by atoms with Crippen LogP contribution in [0.4, 0.5) is 5.69 Å². The molecule has 0 saturated heterocycles. The number of nitrogens with zero attached hydrogens (tertiary/aromatic N) is 1. The van der Waals surface area contributed by atoms with Gasteiger partial charge in [-0.2, -0.15) is 0 Å². The molecule has 43 heavy (non-hydrogen) atoms. The predicted octanol–water partition coefficient (Wildman–Crippen LogP) is 6.08. The number of halogens is 1. The molecule has 1 heterocycles. The van der Waals surface area contributed by atoms with Gasteiger partial charge in [0.05, 0.1) is 12.3 Å². The number of nitrogens with one attached hydrogen (secondary N) is 2. The Hall–Kier alpha value is -3.89. The summed E-state index contributed by atoms with van der Waals surface area (Å²) in [5, 5.41) is 10.4. The molecular formula is C32H49ClN4O6. The highest BCUT2D eigenvalue weighted by Gasteiger charge is 2.14. The molecule has 0 saturated carbocycles. The minimum Gasteiger partial charge on any atom is -0.481 e. The SMILES string of the molecule is CC(=O)O.CC(C)(C)c1ccc(NN)cc1.CCOC(=O)CC(C)=O.Cc1cc(=O)n(-c2ccc(C(C)(C)C)cc2)[nH]1.Cl. The summed E-state index contributed by atoms with van der Waals surface area (Å²) in [6.07, 6.45) is -0.103.